The number of amides is 4. The zero-order valence-electron chi connectivity index (χ0n) is 30.7. The number of carbonyl (C=O) groups excluding carboxylic acids is 3. The van der Waals surface area contributed by atoms with E-state index < -0.39 is 75.6 Å². The number of carboxylic acid groups (broad SMARTS) is 1. The van der Waals surface area contributed by atoms with Crippen molar-refractivity contribution in [1.82, 2.24) is 26.3 Å². The zero-order chi connectivity index (χ0) is 38.6. The standard InChI is InChI=1S/C38H51N5O8S/c1-37(2,3)31(43-36(49)51-6)33(45)40-27(21-25-16-18-26(19-17-25)28-15-11-12-20-39-28)23-30(44)29(22-24-13-9-8-10-14-24)41-34(46)32(42-35(47)48)38(4,5)52(7)50/h8-20,27,29-32,42,44H,21-23H2,1-7H3,(H,40,45)(H,41,46)(H,43,49)(H,47,48)/t27-,29-,30-,31+,32+,52-/m0/s1. The number of carbonyl (C=O) groups is 4. The van der Waals surface area contributed by atoms with Crippen LogP contribution in [0.3, 0.4) is 0 Å². The van der Waals surface area contributed by atoms with Gasteiger partial charge in [-0.2, -0.15) is 0 Å². The largest absolute Gasteiger partial charge is 0.616 e. The average molecular weight is 738 g/mol. The first kappa shape index (κ1) is 41.8. The van der Waals surface area contributed by atoms with Gasteiger partial charge in [0, 0.05) is 17.8 Å². The number of hydrogen-bond acceptors (Lipinski definition) is 8. The van der Waals surface area contributed by atoms with Crippen LogP contribution in [-0.2, 0) is 38.3 Å². The summed E-state index contributed by atoms with van der Waals surface area (Å²) in [5.41, 5.74) is 2.60. The van der Waals surface area contributed by atoms with E-state index in [1.807, 2.05) is 72.8 Å². The van der Waals surface area contributed by atoms with Crippen LogP contribution >= 0.6 is 0 Å². The van der Waals surface area contributed by atoms with Gasteiger partial charge in [0.05, 0.1) is 31.2 Å². The predicted octanol–water partition coefficient (Wildman–Crippen LogP) is 3.82. The number of benzene rings is 2. The molecule has 0 aliphatic rings. The molecule has 2 aromatic carbocycles. The summed E-state index contributed by atoms with van der Waals surface area (Å²) >= 11 is -1.62. The molecule has 0 aliphatic carbocycles. The molecule has 0 bridgehead atoms. The van der Waals surface area contributed by atoms with Crippen molar-refractivity contribution in [3.05, 3.63) is 90.1 Å². The molecular formula is C38H51N5O8S. The molecule has 0 aliphatic heterocycles. The Balaban J connectivity index is 1.98. The smallest absolute Gasteiger partial charge is 0.407 e. The lowest BCUT2D eigenvalue weighted by atomic mass is 9.85. The number of aliphatic hydroxyl groups is 1. The minimum absolute atomic E-state index is 0.0409. The highest BCUT2D eigenvalue weighted by Gasteiger charge is 2.45. The van der Waals surface area contributed by atoms with Crippen LogP contribution in [0.5, 0.6) is 0 Å². The summed E-state index contributed by atoms with van der Waals surface area (Å²) in [6.07, 6.45) is -0.0137. The van der Waals surface area contributed by atoms with Crippen LogP contribution in [-0.4, -0.2) is 92.1 Å². The molecule has 0 saturated carbocycles. The van der Waals surface area contributed by atoms with Crippen molar-refractivity contribution in [1.29, 1.82) is 0 Å². The molecule has 6 N–H and O–H groups in total. The van der Waals surface area contributed by atoms with Gasteiger partial charge in [0.2, 0.25) is 11.8 Å². The lowest BCUT2D eigenvalue weighted by molar-refractivity contribution is -0.127. The number of alkyl carbamates (subject to hydrolysis) is 1. The minimum Gasteiger partial charge on any atom is -0.616 e. The Morgan fingerprint density at radius 1 is 0.808 bits per heavy atom. The molecule has 0 unspecified atom stereocenters. The number of aromatic nitrogens is 1. The molecule has 1 aromatic heterocycles. The summed E-state index contributed by atoms with van der Waals surface area (Å²) in [7, 11) is 1.21. The SMILES string of the molecule is COC(=O)N[C@H](C(=O)N[C@@H](Cc1ccc(-c2ccccn2)cc1)C[C@H](O)[C@H](Cc1ccccc1)NC(=O)[C@@H](NC(=O)O)C(C)(C)[S@+](C)[O-])C(C)(C)C. The quantitative estimate of drug-likeness (QED) is 0.118. The normalized spacial score (nSPS) is 15.2. The van der Waals surface area contributed by atoms with Gasteiger partial charge in [-0.25, -0.2) is 9.59 Å². The number of ether oxygens (including phenoxy) is 1. The van der Waals surface area contributed by atoms with Crippen LogP contribution < -0.4 is 21.3 Å². The molecule has 0 radical (unpaired) electrons. The lowest BCUT2D eigenvalue weighted by Gasteiger charge is -2.35. The number of aliphatic hydroxyl groups excluding tert-OH is 1. The molecule has 0 saturated heterocycles. The average Bonchev–Trinajstić information content (AvgIpc) is 3.09. The summed E-state index contributed by atoms with van der Waals surface area (Å²) in [5.74, 6) is -1.26. The molecule has 4 amide bonds. The summed E-state index contributed by atoms with van der Waals surface area (Å²) in [6.45, 7) is 8.43. The maximum atomic E-state index is 13.8. The Labute approximate surface area is 308 Å². The topological polar surface area (TPSA) is 202 Å². The fourth-order valence-electron chi connectivity index (χ4n) is 5.68. The predicted molar refractivity (Wildman–Crippen MR) is 200 cm³/mol. The monoisotopic (exact) mass is 737 g/mol. The van der Waals surface area contributed by atoms with Crippen LogP contribution in [0.1, 0.15) is 52.2 Å². The first-order valence-corrected chi connectivity index (χ1v) is 18.5. The van der Waals surface area contributed by atoms with Gasteiger partial charge in [-0.15, -0.1) is 0 Å². The third-order valence-corrected chi connectivity index (χ3v) is 10.6. The Kier molecular flexibility index (Phi) is 15.0. The maximum Gasteiger partial charge on any atom is 0.407 e. The van der Waals surface area contributed by atoms with E-state index in [1.54, 1.807) is 27.0 Å². The molecule has 3 aromatic rings. The van der Waals surface area contributed by atoms with Crippen LogP contribution in [0.2, 0.25) is 0 Å². The van der Waals surface area contributed by atoms with Crippen molar-refractivity contribution in [2.24, 2.45) is 5.41 Å². The van der Waals surface area contributed by atoms with Gasteiger partial charge >= 0.3 is 12.2 Å². The minimum atomic E-state index is -1.62. The number of pyridine rings is 1. The van der Waals surface area contributed by atoms with Crippen LogP contribution in [0.15, 0.2) is 79.0 Å². The fourth-order valence-corrected chi connectivity index (χ4v) is 6.18. The van der Waals surface area contributed by atoms with Crippen molar-refractivity contribution >= 4 is 35.2 Å². The van der Waals surface area contributed by atoms with Gasteiger partial charge in [-0.05, 0) is 73.0 Å². The zero-order valence-corrected chi connectivity index (χ0v) is 31.5. The molecule has 13 nitrogen and oxygen atoms in total. The fraction of sp³-hybridized carbons (Fsp3) is 0.447. The lowest BCUT2D eigenvalue weighted by Crippen LogP contribution is -2.62. The summed E-state index contributed by atoms with van der Waals surface area (Å²) in [4.78, 5) is 55.9. The second-order valence-electron chi connectivity index (χ2n) is 14.3. The number of nitrogens with zero attached hydrogens (tertiary/aromatic N) is 1. The number of methoxy groups -OCH3 is 1. The molecule has 1 heterocycles. The van der Waals surface area contributed by atoms with Crippen LogP contribution in [0.4, 0.5) is 9.59 Å². The second kappa shape index (κ2) is 18.7. The summed E-state index contributed by atoms with van der Waals surface area (Å²) in [5, 5.41) is 32.0. The van der Waals surface area contributed by atoms with Crippen molar-refractivity contribution < 1.29 is 38.7 Å². The Bertz CT molecular complexity index is 1620. The molecular weight excluding hydrogens is 687 g/mol. The molecule has 3 rings (SSSR count). The Hall–Kier alpha value is -4.66. The maximum absolute atomic E-state index is 13.8. The molecule has 0 fully saturated rings. The molecule has 0 spiro atoms. The van der Waals surface area contributed by atoms with Gasteiger partial charge in [-0.1, -0.05) is 81.4 Å². The van der Waals surface area contributed by atoms with E-state index >= 15 is 0 Å². The molecule has 52 heavy (non-hydrogen) atoms. The van der Waals surface area contributed by atoms with E-state index in [0.29, 0.717) is 0 Å². The third-order valence-electron chi connectivity index (χ3n) is 8.90. The molecule has 6 atom stereocenters. The van der Waals surface area contributed by atoms with Crippen LogP contribution in [0.25, 0.3) is 11.3 Å². The van der Waals surface area contributed by atoms with Crippen molar-refractivity contribution in [2.45, 2.75) is 88.9 Å². The van der Waals surface area contributed by atoms with E-state index in [0.717, 1.165) is 22.4 Å². The van der Waals surface area contributed by atoms with E-state index in [1.165, 1.54) is 27.2 Å². The van der Waals surface area contributed by atoms with Gasteiger partial charge in [0.15, 0.2) is 6.04 Å². The first-order valence-electron chi connectivity index (χ1n) is 16.9. The molecule has 14 heteroatoms. The van der Waals surface area contributed by atoms with Gasteiger partial charge in [0.25, 0.3) is 0 Å². The Morgan fingerprint density at radius 3 is 1.94 bits per heavy atom. The van der Waals surface area contributed by atoms with Crippen molar-refractivity contribution in [3.63, 3.8) is 0 Å². The van der Waals surface area contributed by atoms with Gasteiger partial charge < -0.3 is 40.8 Å². The van der Waals surface area contributed by atoms with E-state index in [-0.39, 0.29) is 19.3 Å². The van der Waals surface area contributed by atoms with E-state index in [4.69, 9.17) is 4.74 Å². The summed E-state index contributed by atoms with van der Waals surface area (Å²) < 4.78 is 16.1. The second-order valence-corrected chi connectivity index (χ2v) is 16.3. The first-order chi connectivity index (χ1) is 24.4. The highest BCUT2D eigenvalue weighted by Crippen LogP contribution is 2.24. The third kappa shape index (κ3) is 12.2. The van der Waals surface area contributed by atoms with Crippen molar-refractivity contribution in [3.8, 4) is 11.3 Å². The van der Waals surface area contributed by atoms with E-state index in [2.05, 4.69) is 26.3 Å². The van der Waals surface area contributed by atoms with Gasteiger partial charge in [0.1, 0.15) is 10.8 Å². The number of hydrogen-bond donors (Lipinski definition) is 6. The highest BCUT2D eigenvalue weighted by molar-refractivity contribution is 7.92. The van der Waals surface area contributed by atoms with Crippen LogP contribution in [0, 0.1) is 5.41 Å². The van der Waals surface area contributed by atoms with Gasteiger partial charge in [-0.3, -0.25) is 14.6 Å². The number of rotatable bonds is 16. The van der Waals surface area contributed by atoms with E-state index in [9.17, 15) is 33.9 Å². The number of nitrogens with one attached hydrogen (secondary N) is 4. The Morgan fingerprint density at radius 2 is 1.40 bits per heavy atom. The van der Waals surface area contributed by atoms with Crippen molar-refractivity contribution in [2.75, 3.05) is 13.4 Å². The molecule has 282 valence electrons. The highest BCUT2D eigenvalue weighted by atomic mass is 32.2. The summed E-state index contributed by atoms with van der Waals surface area (Å²) in [6, 6.07) is 18.3.